The van der Waals surface area contributed by atoms with Gasteiger partial charge in [-0.3, -0.25) is 19.1 Å². The number of likely N-dealkylation sites (tertiary alicyclic amines) is 1. The molecule has 220 valence electrons. The molecule has 0 radical (unpaired) electrons. The van der Waals surface area contributed by atoms with Gasteiger partial charge in [-0.1, -0.05) is 18.2 Å². The number of methoxy groups -OCH3 is 1. The van der Waals surface area contributed by atoms with Crippen molar-refractivity contribution in [2.24, 2.45) is 0 Å². The maximum atomic E-state index is 15.4. The second kappa shape index (κ2) is 12.5. The predicted octanol–water partition coefficient (Wildman–Crippen LogP) is 3.97. The first-order chi connectivity index (χ1) is 20.4. The van der Waals surface area contributed by atoms with Crippen LogP contribution < -0.4 is 20.7 Å². The molecule has 0 unspecified atom stereocenters. The van der Waals surface area contributed by atoms with E-state index in [0.717, 1.165) is 16.2 Å². The third-order valence-corrected chi connectivity index (χ3v) is 7.46. The summed E-state index contributed by atoms with van der Waals surface area (Å²) in [6, 6.07) is 11.8. The highest BCUT2D eigenvalue weighted by Gasteiger charge is 2.30. The first-order valence-corrected chi connectivity index (χ1v) is 13.4. The highest BCUT2D eigenvalue weighted by molar-refractivity contribution is 5.84. The zero-order valence-electron chi connectivity index (χ0n) is 22.8. The fourth-order valence-corrected chi connectivity index (χ4v) is 5.26. The number of halogens is 3. The van der Waals surface area contributed by atoms with Gasteiger partial charge in [0, 0.05) is 36.5 Å². The van der Waals surface area contributed by atoms with Crippen molar-refractivity contribution in [1.82, 2.24) is 19.4 Å². The van der Waals surface area contributed by atoms with Crippen LogP contribution in [0.5, 0.6) is 11.5 Å². The van der Waals surface area contributed by atoms with Crippen molar-refractivity contribution < 1.29 is 27.4 Å². The van der Waals surface area contributed by atoms with E-state index in [1.165, 1.54) is 0 Å². The van der Waals surface area contributed by atoms with Crippen molar-refractivity contribution >= 4 is 17.3 Å². The molecule has 0 atom stereocenters. The van der Waals surface area contributed by atoms with Crippen molar-refractivity contribution in [3.8, 4) is 22.8 Å². The number of hydrogen-bond acceptors (Lipinski definition) is 6. The van der Waals surface area contributed by atoms with E-state index in [1.807, 2.05) is 24.3 Å². The van der Waals surface area contributed by atoms with Crippen molar-refractivity contribution in [2.45, 2.75) is 31.4 Å². The zero-order chi connectivity index (χ0) is 29.8. The molecule has 0 bridgehead atoms. The second-order valence-electron chi connectivity index (χ2n) is 10.1. The summed E-state index contributed by atoms with van der Waals surface area (Å²) in [6.45, 7) is -1.87. The van der Waals surface area contributed by atoms with Gasteiger partial charge in [0.2, 0.25) is 6.41 Å². The molecule has 1 aliphatic rings. The normalized spacial score (nSPS) is 14.0. The molecule has 42 heavy (non-hydrogen) atoms. The van der Waals surface area contributed by atoms with E-state index in [2.05, 4.69) is 9.97 Å². The van der Waals surface area contributed by atoms with Crippen LogP contribution in [0.1, 0.15) is 29.9 Å². The number of H-pyrrole nitrogens is 1. The number of fused-ring (bicyclic) bond motifs is 1. The van der Waals surface area contributed by atoms with Crippen LogP contribution in [0.2, 0.25) is 0 Å². The number of carbonyl (C=O) groups excluding carboxylic acids is 1. The Kier molecular flexibility index (Phi) is 8.60. The molecule has 12 heteroatoms. The lowest BCUT2D eigenvalue weighted by Gasteiger charge is -2.31. The quantitative estimate of drug-likeness (QED) is 0.284. The fourth-order valence-electron chi connectivity index (χ4n) is 5.26. The number of ether oxygens (including phenoxy) is 2. The Morgan fingerprint density at radius 2 is 1.88 bits per heavy atom. The topological polar surface area (TPSA) is 107 Å². The molecule has 1 amide bonds. The molecule has 0 spiro atoms. The Balaban J connectivity index is 1.58. The highest BCUT2D eigenvalue weighted by atomic mass is 19.1. The van der Waals surface area contributed by atoms with Crippen molar-refractivity contribution in [3.63, 3.8) is 0 Å². The van der Waals surface area contributed by atoms with E-state index >= 15 is 4.39 Å². The highest BCUT2D eigenvalue weighted by Crippen LogP contribution is 2.40. The van der Waals surface area contributed by atoms with Gasteiger partial charge < -0.3 is 19.4 Å². The number of hydrogen-bond donors (Lipinski definition) is 1. The Morgan fingerprint density at radius 3 is 2.52 bits per heavy atom. The van der Waals surface area contributed by atoms with Crippen LogP contribution in [-0.4, -0.2) is 65.5 Å². The third-order valence-electron chi connectivity index (χ3n) is 7.46. The lowest BCUT2D eigenvalue weighted by Crippen LogP contribution is -2.37. The number of piperidine rings is 1. The summed E-state index contributed by atoms with van der Waals surface area (Å²) in [7, 11) is 1.57. The van der Waals surface area contributed by atoms with E-state index < -0.39 is 48.2 Å². The smallest absolute Gasteiger partial charge is 0.329 e. The van der Waals surface area contributed by atoms with Gasteiger partial charge in [0.25, 0.3) is 5.56 Å². The molecule has 9 nitrogen and oxygen atoms in total. The minimum absolute atomic E-state index is 0.00650. The van der Waals surface area contributed by atoms with Gasteiger partial charge in [-0.25, -0.2) is 18.0 Å². The number of benzene rings is 2. The van der Waals surface area contributed by atoms with Crippen LogP contribution in [0, 0.1) is 5.82 Å². The average Bonchev–Trinajstić information content (AvgIpc) is 3.02. The summed E-state index contributed by atoms with van der Waals surface area (Å²) >= 11 is 0. The molecular formula is C30H29F3N4O5. The van der Waals surface area contributed by atoms with Gasteiger partial charge in [-0.05, 0) is 42.5 Å². The van der Waals surface area contributed by atoms with Gasteiger partial charge in [-0.15, -0.1) is 0 Å². The van der Waals surface area contributed by atoms with E-state index in [4.69, 9.17) is 9.47 Å². The molecule has 1 N–H and O–H groups in total. The number of nitrogens with zero attached hydrogens (tertiary/aromatic N) is 3. The van der Waals surface area contributed by atoms with Crippen LogP contribution in [0.25, 0.3) is 22.2 Å². The van der Waals surface area contributed by atoms with Crippen molar-refractivity contribution in [3.05, 3.63) is 86.4 Å². The molecule has 0 aliphatic carbocycles. The minimum Gasteiger partial charge on any atom is -0.497 e. The molecule has 1 aliphatic heterocycles. The van der Waals surface area contributed by atoms with Crippen LogP contribution in [0.3, 0.4) is 0 Å². The Labute approximate surface area is 238 Å². The summed E-state index contributed by atoms with van der Waals surface area (Å²) in [5.74, 6) is -1.17. The van der Waals surface area contributed by atoms with Crippen LogP contribution in [0.15, 0.2) is 58.3 Å². The van der Waals surface area contributed by atoms with E-state index in [0.29, 0.717) is 49.3 Å². The summed E-state index contributed by atoms with van der Waals surface area (Å²) in [4.78, 5) is 46.8. The zero-order valence-corrected chi connectivity index (χ0v) is 22.8. The number of pyridine rings is 1. The Hall–Kier alpha value is -4.61. The van der Waals surface area contributed by atoms with Gasteiger partial charge in [0.1, 0.15) is 19.1 Å². The average molecular weight is 583 g/mol. The summed E-state index contributed by atoms with van der Waals surface area (Å²) in [5, 5.41) is -0.00650. The molecular weight excluding hydrogens is 553 g/mol. The minimum atomic E-state index is -1.56. The fraction of sp³-hybridized carbons (Fsp3) is 0.333. The number of amides is 1. The summed E-state index contributed by atoms with van der Waals surface area (Å²) < 4.78 is 53.9. The molecule has 5 rings (SSSR count). The van der Waals surface area contributed by atoms with E-state index in [-0.39, 0.29) is 23.0 Å². The number of rotatable bonds is 10. The van der Waals surface area contributed by atoms with E-state index in [1.54, 1.807) is 30.3 Å². The van der Waals surface area contributed by atoms with Gasteiger partial charge in [-0.2, -0.15) is 0 Å². The van der Waals surface area contributed by atoms with E-state index in [9.17, 15) is 23.2 Å². The molecule has 3 heterocycles. The largest absolute Gasteiger partial charge is 0.497 e. The van der Waals surface area contributed by atoms with Gasteiger partial charge in [0.15, 0.2) is 17.7 Å². The van der Waals surface area contributed by atoms with Crippen LogP contribution >= 0.6 is 0 Å². The lowest BCUT2D eigenvalue weighted by molar-refractivity contribution is -0.119. The first kappa shape index (κ1) is 28.9. The van der Waals surface area contributed by atoms with Gasteiger partial charge >= 0.3 is 5.69 Å². The molecule has 0 saturated carbocycles. The first-order valence-electron chi connectivity index (χ1n) is 13.4. The Bertz CT molecular complexity index is 1690. The van der Waals surface area contributed by atoms with Gasteiger partial charge in [0.05, 0.1) is 30.3 Å². The third kappa shape index (κ3) is 5.74. The maximum absolute atomic E-state index is 15.4. The number of nitrogens with one attached hydrogen (secondary N) is 1. The molecule has 1 fully saturated rings. The van der Waals surface area contributed by atoms with Crippen molar-refractivity contribution in [2.75, 3.05) is 33.5 Å². The molecule has 4 aromatic rings. The lowest BCUT2D eigenvalue weighted by atomic mass is 9.86. The number of carbonyl (C=O) groups is 1. The SMILES string of the molecule is COc1cccc(-c2ccc(Cn3c(=O)[nH]c4cc(F)c(OC(CF)CF)c(C5CCN(C=O)CC5)c4c3=O)cn2)c1. The number of aromatic nitrogens is 3. The molecule has 2 aromatic carbocycles. The molecule has 1 saturated heterocycles. The standard InChI is InChI=1S/C30H29F3N4O5/c1-41-21-4-2-3-20(11-21)24-6-5-18(15-34-24)16-37-29(39)27-25(35-30(37)40)12-23(33)28(42-22(13-31)14-32)26(27)19-7-9-36(17-38)10-8-19/h2-6,11-12,15,17,19,22H,7-10,13-14,16H2,1H3,(H,35,40). The van der Waals surface area contributed by atoms with Crippen molar-refractivity contribution in [1.29, 1.82) is 0 Å². The number of alkyl halides is 2. The summed E-state index contributed by atoms with van der Waals surface area (Å²) in [6.07, 6.45) is 1.41. The predicted molar refractivity (Wildman–Crippen MR) is 150 cm³/mol. The number of aromatic amines is 1. The second-order valence-corrected chi connectivity index (χ2v) is 10.1. The summed E-state index contributed by atoms with van der Waals surface area (Å²) in [5.41, 5.74) is 0.648. The monoisotopic (exact) mass is 582 g/mol. The molecule has 2 aromatic heterocycles. The maximum Gasteiger partial charge on any atom is 0.329 e. The Morgan fingerprint density at radius 1 is 1.12 bits per heavy atom. The van der Waals surface area contributed by atoms with Crippen LogP contribution in [-0.2, 0) is 11.3 Å². The van der Waals surface area contributed by atoms with Crippen LogP contribution in [0.4, 0.5) is 13.2 Å².